The van der Waals surface area contributed by atoms with Gasteiger partial charge in [0.05, 0.1) is 15.1 Å². The molecule has 0 radical (unpaired) electrons. The van der Waals surface area contributed by atoms with Gasteiger partial charge in [0.1, 0.15) is 19.0 Å². The molecule has 0 fully saturated rings. The van der Waals surface area contributed by atoms with Crippen LogP contribution in [-0.2, 0) is 4.79 Å². The molecule has 0 saturated heterocycles. The summed E-state index contributed by atoms with van der Waals surface area (Å²) in [5.74, 6) is 1.17. The number of hydrogen-bond donors (Lipinski definition) is 1. The molecule has 1 heterocycles. The molecule has 2 aromatic carbocycles. The lowest BCUT2D eigenvalue weighted by Gasteiger charge is -2.19. The normalized spacial score (nSPS) is 12.6. The van der Waals surface area contributed by atoms with Gasteiger partial charge in [-0.3, -0.25) is 4.79 Å². The maximum atomic E-state index is 12.0. The SMILES string of the molecule is O=C(COc1cc(Cl)c(Cl)cc1Cl)Nc1ccc2c(c1)OCCO2. The van der Waals surface area contributed by atoms with Crippen LogP contribution in [0, 0.1) is 0 Å². The summed E-state index contributed by atoms with van der Waals surface area (Å²) in [6, 6.07) is 8.07. The summed E-state index contributed by atoms with van der Waals surface area (Å²) in [7, 11) is 0. The molecule has 0 spiro atoms. The average molecular weight is 389 g/mol. The highest BCUT2D eigenvalue weighted by Gasteiger charge is 2.14. The summed E-state index contributed by atoms with van der Waals surface area (Å²) in [6.45, 7) is 0.756. The van der Waals surface area contributed by atoms with Crippen molar-refractivity contribution in [2.24, 2.45) is 0 Å². The number of ether oxygens (including phenoxy) is 3. The Hall–Kier alpha value is -1.82. The fourth-order valence-corrected chi connectivity index (χ4v) is 2.67. The quantitative estimate of drug-likeness (QED) is 0.787. The fraction of sp³-hybridized carbons (Fsp3) is 0.188. The number of carbonyl (C=O) groups excluding carboxylic acids is 1. The zero-order chi connectivity index (χ0) is 17.1. The summed E-state index contributed by atoms with van der Waals surface area (Å²) >= 11 is 17.7. The molecule has 0 saturated carbocycles. The van der Waals surface area contributed by atoms with Crippen molar-refractivity contribution in [3.63, 3.8) is 0 Å². The minimum atomic E-state index is -0.353. The first kappa shape index (κ1) is 17.0. The standard InChI is InChI=1S/C16H12Cl3NO4/c17-10-6-12(19)14(7-11(10)18)24-8-16(21)20-9-1-2-13-15(5-9)23-4-3-22-13/h1-2,5-7H,3-4,8H2,(H,20,21). The number of nitrogens with one attached hydrogen (secondary N) is 1. The number of anilines is 1. The van der Waals surface area contributed by atoms with E-state index >= 15 is 0 Å². The van der Waals surface area contributed by atoms with Gasteiger partial charge in [-0.15, -0.1) is 0 Å². The minimum absolute atomic E-state index is 0.230. The summed E-state index contributed by atoms with van der Waals surface area (Å²) in [6.07, 6.45) is 0. The maximum absolute atomic E-state index is 12.0. The second-order valence-electron chi connectivity index (χ2n) is 4.89. The lowest BCUT2D eigenvalue weighted by Crippen LogP contribution is -2.21. The zero-order valence-electron chi connectivity index (χ0n) is 12.3. The molecular weight excluding hydrogens is 377 g/mol. The van der Waals surface area contributed by atoms with Gasteiger partial charge in [-0.1, -0.05) is 34.8 Å². The van der Waals surface area contributed by atoms with Crippen LogP contribution in [0.3, 0.4) is 0 Å². The molecule has 0 unspecified atom stereocenters. The summed E-state index contributed by atoms with van der Waals surface area (Å²) in [5, 5.41) is 3.59. The van der Waals surface area contributed by atoms with Crippen LogP contribution in [0.5, 0.6) is 17.2 Å². The van der Waals surface area contributed by atoms with Gasteiger partial charge in [0.2, 0.25) is 0 Å². The van der Waals surface area contributed by atoms with Crippen molar-refractivity contribution in [2.45, 2.75) is 0 Å². The van der Waals surface area contributed by atoms with Crippen molar-refractivity contribution in [1.29, 1.82) is 0 Å². The van der Waals surface area contributed by atoms with Crippen molar-refractivity contribution in [1.82, 2.24) is 0 Å². The number of rotatable bonds is 4. The molecule has 2 aromatic rings. The van der Waals surface area contributed by atoms with E-state index in [1.807, 2.05) is 0 Å². The van der Waals surface area contributed by atoms with Gasteiger partial charge < -0.3 is 19.5 Å². The van der Waals surface area contributed by atoms with E-state index in [4.69, 9.17) is 49.0 Å². The monoisotopic (exact) mass is 387 g/mol. The van der Waals surface area contributed by atoms with Gasteiger partial charge in [0, 0.05) is 17.8 Å². The van der Waals surface area contributed by atoms with Crippen LogP contribution in [0.2, 0.25) is 15.1 Å². The largest absolute Gasteiger partial charge is 0.486 e. The van der Waals surface area contributed by atoms with Crippen LogP contribution >= 0.6 is 34.8 Å². The number of amides is 1. The third-order valence-electron chi connectivity index (χ3n) is 3.16. The summed E-state index contributed by atoms with van der Waals surface area (Å²) < 4.78 is 16.3. The van der Waals surface area contributed by atoms with Gasteiger partial charge in [-0.2, -0.15) is 0 Å². The number of benzene rings is 2. The van der Waals surface area contributed by atoms with Crippen LogP contribution in [0.4, 0.5) is 5.69 Å². The van der Waals surface area contributed by atoms with E-state index in [1.165, 1.54) is 12.1 Å². The molecule has 5 nitrogen and oxygen atoms in total. The van der Waals surface area contributed by atoms with Gasteiger partial charge in [0.15, 0.2) is 18.1 Å². The predicted octanol–water partition coefficient (Wildman–Crippen LogP) is 4.44. The van der Waals surface area contributed by atoms with Crippen LogP contribution in [-0.4, -0.2) is 25.7 Å². The first-order valence-corrected chi connectivity index (χ1v) is 8.13. The molecule has 8 heteroatoms. The smallest absolute Gasteiger partial charge is 0.262 e. The molecule has 0 aromatic heterocycles. The highest BCUT2D eigenvalue weighted by atomic mass is 35.5. The Morgan fingerprint density at radius 2 is 1.71 bits per heavy atom. The topological polar surface area (TPSA) is 56.8 Å². The first-order chi connectivity index (χ1) is 11.5. The molecule has 0 aliphatic carbocycles. The Balaban J connectivity index is 1.61. The molecule has 1 amide bonds. The van der Waals surface area contributed by atoms with Gasteiger partial charge >= 0.3 is 0 Å². The molecule has 1 aliphatic heterocycles. The molecule has 126 valence electrons. The molecule has 24 heavy (non-hydrogen) atoms. The number of hydrogen-bond acceptors (Lipinski definition) is 4. The lowest BCUT2D eigenvalue weighted by molar-refractivity contribution is -0.118. The molecular formula is C16H12Cl3NO4. The Morgan fingerprint density at radius 3 is 2.50 bits per heavy atom. The van der Waals surface area contributed by atoms with E-state index in [2.05, 4.69) is 5.32 Å². The Morgan fingerprint density at radius 1 is 1.00 bits per heavy atom. The maximum Gasteiger partial charge on any atom is 0.262 e. The second-order valence-corrected chi connectivity index (χ2v) is 6.11. The van der Waals surface area contributed by atoms with Crippen LogP contribution in [0.1, 0.15) is 0 Å². The number of fused-ring (bicyclic) bond motifs is 1. The van der Waals surface area contributed by atoms with Crippen molar-refractivity contribution in [2.75, 3.05) is 25.1 Å². The predicted molar refractivity (Wildman–Crippen MR) is 93.0 cm³/mol. The van der Waals surface area contributed by atoms with E-state index in [9.17, 15) is 4.79 Å². The Kier molecular flexibility index (Phi) is 5.23. The Labute approximate surface area is 153 Å². The lowest BCUT2D eigenvalue weighted by atomic mass is 10.2. The highest BCUT2D eigenvalue weighted by molar-refractivity contribution is 6.43. The zero-order valence-corrected chi connectivity index (χ0v) is 14.5. The van der Waals surface area contributed by atoms with Crippen molar-refractivity contribution < 1.29 is 19.0 Å². The van der Waals surface area contributed by atoms with Crippen molar-refractivity contribution in [3.8, 4) is 17.2 Å². The minimum Gasteiger partial charge on any atom is -0.486 e. The Bertz CT molecular complexity index is 782. The summed E-state index contributed by atoms with van der Waals surface area (Å²) in [4.78, 5) is 12.0. The molecule has 0 bridgehead atoms. The van der Waals surface area contributed by atoms with E-state index in [1.54, 1.807) is 18.2 Å². The molecule has 1 N–H and O–H groups in total. The van der Waals surface area contributed by atoms with Gasteiger partial charge in [0.25, 0.3) is 5.91 Å². The number of carbonyl (C=O) groups is 1. The van der Waals surface area contributed by atoms with E-state index < -0.39 is 0 Å². The average Bonchev–Trinajstić information content (AvgIpc) is 2.57. The van der Waals surface area contributed by atoms with Gasteiger partial charge in [-0.25, -0.2) is 0 Å². The number of halogens is 3. The highest BCUT2D eigenvalue weighted by Crippen LogP contribution is 2.34. The van der Waals surface area contributed by atoms with E-state index in [0.717, 1.165) is 0 Å². The van der Waals surface area contributed by atoms with E-state index in [-0.39, 0.29) is 23.3 Å². The fourth-order valence-electron chi connectivity index (χ4n) is 2.08. The molecule has 3 rings (SSSR count). The first-order valence-electron chi connectivity index (χ1n) is 7.00. The van der Waals surface area contributed by atoms with Crippen LogP contribution < -0.4 is 19.5 Å². The van der Waals surface area contributed by atoms with Gasteiger partial charge in [-0.05, 0) is 18.2 Å². The second kappa shape index (κ2) is 7.38. The molecule has 0 atom stereocenters. The van der Waals surface area contributed by atoms with Crippen molar-refractivity contribution >= 4 is 46.4 Å². The molecule has 1 aliphatic rings. The third kappa shape index (κ3) is 3.98. The summed E-state index contributed by atoms with van der Waals surface area (Å²) in [5.41, 5.74) is 0.577. The third-order valence-corrected chi connectivity index (χ3v) is 4.18. The van der Waals surface area contributed by atoms with Crippen LogP contribution in [0.25, 0.3) is 0 Å². The van der Waals surface area contributed by atoms with Crippen molar-refractivity contribution in [3.05, 3.63) is 45.4 Å². The van der Waals surface area contributed by atoms with E-state index in [0.29, 0.717) is 40.4 Å². The van der Waals surface area contributed by atoms with Crippen LogP contribution in [0.15, 0.2) is 30.3 Å².